The van der Waals surface area contributed by atoms with Crippen LogP contribution in [-0.4, -0.2) is 57.3 Å². The lowest BCUT2D eigenvalue weighted by Gasteiger charge is -2.26. The van der Waals surface area contributed by atoms with E-state index in [0.29, 0.717) is 12.2 Å². The van der Waals surface area contributed by atoms with Crippen molar-refractivity contribution in [2.75, 3.05) is 36.5 Å². The van der Waals surface area contributed by atoms with Crippen molar-refractivity contribution in [2.24, 2.45) is 0 Å². The van der Waals surface area contributed by atoms with Crippen LogP contribution in [0.25, 0.3) is 0 Å². The smallest absolute Gasteiger partial charge is 0.262 e. The molecule has 0 aliphatic carbocycles. The van der Waals surface area contributed by atoms with E-state index in [1.54, 1.807) is 12.1 Å². The minimum Gasteiger partial charge on any atom is -0.383 e. The maximum absolute atomic E-state index is 12.5. The number of pyridine rings is 1. The van der Waals surface area contributed by atoms with E-state index in [0.717, 1.165) is 0 Å². The van der Waals surface area contributed by atoms with E-state index in [1.165, 1.54) is 10.5 Å². The number of sulfone groups is 1. The van der Waals surface area contributed by atoms with Crippen LogP contribution in [0.15, 0.2) is 23.4 Å². The summed E-state index contributed by atoms with van der Waals surface area (Å²) in [6.45, 7) is 2.39. The first-order valence-electron chi connectivity index (χ1n) is 6.26. The highest BCUT2D eigenvalue weighted by molar-refractivity contribution is 7.92. The molecule has 0 radical (unpaired) electrons. The van der Waals surface area contributed by atoms with Gasteiger partial charge in [-0.25, -0.2) is 21.8 Å². The average Bonchev–Trinajstić information content (AvgIpc) is 2.39. The molecule has 1 aliphatic heterocycles. The van der Waals surface area contributed by atoms with Gasteiger partial charge in [-0.3, -0.25) is 0 Å². The highest BCUT2D eigenvalue weighted by atomic mass is 32.2. The number of nitrogens with one attached hydrogen (secondary N) is 1. The number of rotatable bonds is 4. The molecule has 0 spiro atoms. The van der Waals surface area contributed by atoms with Gasteiger partial charge in [0.25, 0.3) is 10.0 Å². The summed E-state index contributed by atoms with van der Waals surface area (Å²) in [5.74, 6) is -0.287. The monoisotopic (exact) mass is 319 g/mol. The zero-order valence-corrected chi connectivity index (χ0v) is 12.7. The van der Waals surface area contributed by atoms with Crippen LogP contribution < -0.4 is 5.32 Å². The molecule has 0 unspecified atom stereocenters. The maximum atomic E-state index is 12.5. The lowest BCUT2D eigenvalue weighted by atomic mass is 10.4. The topological polar surface area (TPSA) is 96.4 Å². The molecule has 0 amide bonds. The largest absolute Gasteiger partial charge is 0.383 e. The van der Waals surface area contributed by atoms with E-state index >= 15 is 0 Å². The molecule has 1 aliphatic rings. The van der Waals surface area contributed by atoms with Crippen LogP contribution in [-0.2, 0) is 19.9 Å². The first kappa shape index (κ1) is 15.2. The molecule has 20 heavy (non-hydrogen) atoms. The molecule has 0 bridgehead atoms. The quantitative estimate of drug-likeness (QED) is 0.834. The first-order valence-corrected chi connectivity index (χ1v) is 9.52. The molecule has 0 aromatic carbocycles. The van der Waals surface area contributed by atoms with Gasteiger partial charge in [0.15, 0.2) is 14.9 Å². The number of hydrogen-bond acceptors (Lipinski definition) is 6. The van der Waals surface area contributed by atoms with Crippen molar-refractivity contribution in [3.63, 3.8) is 0 Å². The molecule has 1 aromatic heterocycles. The summed E-state index contributed by atoms with van der Waals surface area (Å²) in [4.78, 5) is 3.94. The van der Waals surface area contributed by atoms with Crippen molar-refractivity contribution in [3.05, 3.63) is 18.3 Å². The molecular formula is C11H17N3O4S2. The van der Waals surface area contributed by atoms with Gasteiger partial charge in [0.2, 0.25) is 0 Å². The van der Waals surface area contributed by atoms with E-state index < -0.39 is 19.9 Å². The zero-order valence-electron chi connectivity index (χ0n) is 11.1. The molecule has 9 heteroatoms. The highest BCUT2D eigenvalue weighted by Crippen LogP contribution is 2.23. The van der Waals surface area contributed by atoms with E-state index in [1.807, 2.05) is 6.92 Å². The summed E-state index contributed by atoms with van der Waals surface area (Å²) in [7, 11) is -6.89. The van der Waals surface area contributed by atoms with Crippen LogP contribution >= 0.6 is 0 Å². The molecule has 1 aromatic rings. The zero-order chi connectivity index (χ0) is 14.8. The fourth-order valence-electron chi connectivity index (χ4n) is 1.98. The van der Waals surface area contributed by atoms with Gasteiger partial charge in [-0.05, 0) is 19.1 Å². The van der Waals surface area contributed by atoms with Crippen molar-refractivity contribution in [1.29, 1.82) is 0 Å². The number of anilines is 1. The number of aromatic nitrogens is 1. The van der Waals surface area contributed by atoms with Gasteiger partial charge in [-0.2, -0.15) is 4.31 Å². The molecule has 112 valence electrons. The Morgan fingerprint density at radius 3 is 2.60 bits per heavy atom. The Bertz CT molecular complexity index is 671. The van der Waals surface area contributed by atoms with Crippen LogP contribution in [0.1, 0.15) is 6.92 Å². The highest BCUT2D eigenvalue weighted by Gasteiger charge is 2.33. The summed E-state index contributed by atoms with van der Waals surface area (Å²) in [6, 6.07) is 3.29. The summed E-state index contributed by atoms with van der Waals surface area (Å²) < 4.78 is 49.0. The Labute approximate surface area is 119 Å². The second-order valence-electron chi connectivity index (χ2n) is 4.44. The average molecular weight is 319 g/mol. The van der Waals surface area contributed by atoms with Crippen molar-refractivity contribution in [2.45, 2.75) is 11.9 Å². The summed E-state index contributed by atoms with van der Waals surface area (Å²) in [6.07, 6.45) is 1.41. The predicted octanol–water partition coefficient (Wildman–Crippen LogP) is -0.0675. The molecule has 1 N–H and O–H groups in total. The van der Waals surface area contributed by atoms with Crippen molar-refractivity contribution < 1.29 is 16.8 Å². The summed E-state index contributed by atoms with van der Waals surface area (Å²) in [5, 5.41) is 2.90. The van der Waals surface area contributed by atoms with Crippen LogP contribution in [0.2, 0.25) is 0 Å². The molecule has 7 nitrogen and oxygen atoms in total. The van der Waals surface area contributed by atoms with E-state index in [2.05, 4.69) is 10.3 Å². The second-order valence-corrected chi connectivity index (χ2v) is 8.60. The van der Waals surface area contributed by atoms with Crippen LogP contribution in [0.3, 0.4) is 0 Å². The van der Waals surface area contributed by atoms with E-state index in [-0.39, 0.29) is 29.6 Å². The van der Waals surface area contributed by atoms with Gasteiger partial charge in [0.05, 0.1) is 17.2 Å². The van der Waals surface area contributed by atoms with Gasteiger partial charge in [-0.15, -0.1) is 0 Å². The molecule has 0 saturated carbocycles. The third kappa shape index (κ3) is 3.10. The third-order valence-electron chi connectivity index (χ3n) is 3.03. The Balaban J connectivity index is 2.32. The number of sulfonamides is 1. The maximum Gasteiger partial charge on any atom is 0.262 e. The molecule has 1 fully saturated rings. The molecule has 1 saturated heterocycles. The van der Waals surface area contributed by atoms with Gasteiger partial charge in [0, 0.05) is 25.8 Å². The lowest BCUT2D eigenvalue weighted by Crippen LogP contribution is -2.44. The second kappa shape index (κ2) is 5.66. The number of nitrogens with zero attached hydrogens (tertiary/aromatic N) is 2. The van der Waals surface area contributed by atoms with Crippen molar-refractivity contribution in [1.82, 2.24) is 9.29 Å². The minimum absolute atomic E-state index is 0.0210. The Kier molecular flexibility index (Phi) is 4.31. The molecule has 2 rings (SSSR count). The Morgan fingerprint density at radius 1 is 1.35 bits per heavy atom. The van der Waals surface area contributed by atoms with Crippen LogP contribution in [0.4, 0.5) is 5.69 Å². The third-order valence-corrected chi connectivity index (χ3v) is 6.49. The van der Waals surface area contributed by atoms with E-state index in [9.17, 15) is 16.8 Å². The predicted molar refractivity (Wildman–Crippen MR) is 75.8 cm³/mol. The van der Waals surface area contributed by atoms with Gasteiger partial charge < -0.3 is 5.32 Å². The Hall–Kier alpha value is -1.19. The standard InChI is InChI=1S/C11H17N3O4S2/c1-2-12-10-4-3-5-13-11(10)20(17,18)14-6-8-19(15,16)9-7-14/h3-5,12H,2,6-9H2,1H3. The van der Waals surface area contributed by atoms with Gasteiger partial charge >= 0.3 is 0 Å². The molecule has 2 heterocycles. The van der Waals surface area contributed by atoms with Crippen LogP contribution in [0.5, 0.6) is 0 Å². The summed E-state index contributed by atoms with van der Waals surface area (Å²) >= 11 is 0. The normalized spacial score (nSPS) is 19.6. The van der Waals surface area contributed by atoms with Crippen molar-refractivity contribution >= 4 is 25.5 Å². The summed E-state index contributed by atoms with van der Waals surface area (Å²) in [5.41, 5.74) is 0.434. The van der Waals surface area contributed by atoms with E-state index in [4.69, 9.17) is 0 Å². The first-order chi connectivity index (χ1) is 9.37. The van der Waals surface area contributed by atoms with Crippen molar-refractivity contribution in [3.8, 4) is 0 Å². The minimum atomic E-state index is -3.77. The Morgan fingerprint density at radius 2 is 2.00 bits per heavy atom. The fourth-order valence-corrected chi connectivity index (χ4v) is 4.93. The number of hydrogen-bond donors (Lipinski definition) is 1. The molecule has 0 atom stereocenters. The van der Waals surface area contributed by atoms with Gasteiger partial charge in [-0.1, -0.05) is 0 Å². The fraction of sp³-hybridized carbons (Fsp3) is 0.545. The van der Waals surface area contributed by atoms with Crippen LogP contribution in [0, 0.1) is 0 Å². The lowest BCUT2D eigenvalue weighted by molar-refractivity contribution is 0.429. The van der Waals surface area contributed by atoms with Gasteiger partial charge in [0.1, 0.15) is 0 Å². The molecular weight excluding hydrogens is 302 g/mol. The SMILES string of the molecule is CCNc1cccnc1S(=O)(=O)N1CCS(=O)(=O)CC1.